The van der Waals surface area contributed by atoms with Crippen molar-refractivity contribution in [2.75, 3.05) is 19.7 Å². The molecule has 1 amide bonds. The van der Waals surface area contributed by atoms with Gasteiger partial charge in [0.05, 0.1) is 22.3 Å². The highest BCUT2D eigenvalue weighted by Crippen LogP contribution is 2.25. The summed E-state index contributed by atoms with van der Waals surface area (Å²) in [4.78, 5) is 24.8. The Morgan fingerprint density at radius 2 is 1.65 bits per heavy atom. The molecule has 0 bridgehead atoms. The number of carbonyl (C=O) groups excluding carboxylic acids is 2. The molecule has 9 heteroatoms. The van der Waals surface area contributed by atoms with Crippen LogP contribution in [0.25, 0.3) is 0 Å². The van der Waals surface area contributed by atoms with Crippen LogP contribution in [0.1, 0.15) is 41.5 Å². The van der Waals surface area contributed by atoms with Crippen molar-refractivity contribution in [2.45, 2.75) is 58.3 Å². The van der Waals surface area contributed by atoms with Gasteiger partial charge in [-0.25, -0.2) is 8.93 Å². The van der Waals surface area contributed by atoms with Gasteiger partial charge < -0.3 is 9.64 Å². The number of amides is 1. The SMILES string of the molecule is CCOC(=O)[C@H](NS(=O)C(C)(C)C)C(F)(F)C(=O)N(CC)CC. The molecule has 0 spiro atoms. The summed E-state index contributed by atoms with van der Waals surface area (Å²) in [6, 6.07) is -2.31. The molecule has 0 aliphatic heterocycles. The highest BCUT2D eigenvalue weighted by Gasteiger charge is 2.54. The zero-order valence-corrected chi connectivity index (χ0v) is 15.3. The third-order valence-corrected chi connectivity index (χ3v) is 4.56. The fourth-order valence-electron chi connectivity index (χ4n) is 1.62. The summed E-state index contributed by atoms with van der Waals surface area (Å²) < 4.78 is 47.0. The summed E-state index contributed by atoms with van der Waals surface area (Å²) in [6.07, 6.45) is 0. The fraction of sp³-hybridized carbons (Fsp3) is 0.857. The number of hydrogen-bond donors (Lipinski definition) is 1. The zero-order valence-electron chi connectivity index (χ0n) is 14.4. The predicted molar refractivity (Wildman–Crippen MR) is 84.3 cm³/mol. The molecule has 0 aromatic carbocycles. The molecule has 23 heavy (non-hydrogen) atoms. The van der Waals surface area contributed by atoms with Crippen molar-refractivity contribution in [1.29, 1.82) is 0 Å². The number of rotatable bonds is 8. The van der Waals surface area contributed by atoms with Gasteiger partial charge in [-0.1, -0.05) is 0 Å². The second kappa shape index (κ2) is 8.68. The smallest absolute Gasteiger partial charge is 0.351 e. The minimum absolute atomic E-state index is 0.0723. The molecule has 136 valence electrons. The summed E-state index contributed by atoms with van der Waals surface area (Å²) in [5, 5.41) is 0. The lowest BCUT2D eigenvalue weighted by Gasteiger charge is -2.31. The third kappa shape index (κ3) is 5.80. The molecule has 0 radical (unpaired) electrons. The van der Waals surface area contributed by atoms with Gasteiger partial charge in [0, 0.05) is 13.1 Å². The van der Waals surface area contributed by atoms with Crippen molar-refractivity contribution >= 4 is 22.9 Å². The van der Waals surface area contributed by atoms with E-state index < -0.39 is 39.6 Å². The summed E-state index contributed by atoms with van der Waals surface area (Å²) in [7, 11) is -1.97. The van der Waals surface area contributed by atoms with Crippen LogP contribution in [0.3, 0.4) is 0 Å². The molecule has 0 saturated carbocycles. The Labute approximate surface area is 138 Å². The second-order valence-electron chi connectivity index (χ2n) is 5.78. The minimum Gasteiger partial charge on any atom is -0.465 e. The Hall–Kier alpha value is -1.09. The maximum absolute atomic E-state index is 14.5. The van der Waals surface area contributed by atoms with Crippen LogP contribution in [0.15, 0.2) is 0 Å². The lowest BCUT2D eigenvalue weighted by Crippen LogP contribution is -2.60. The molecule has 0 saturated heterocycles. The van der Waals surface area contributed by atoms with Gasteiger partial charge in [-0.15, -0.1) is 0 Å². The lowest BCUT2D eigenvalue weighted by molar-refractivity contribution is -0.172. The molecule has 0 fully saturated rings. The van der Waals surface area contributed by atoms with Crippen molar-refractivity contribution in [1.82, 2.24) is 9.62 Å². The van der Waals surface area contributed by atoms with E-state index in [9.17, 15) is 22.6 Å². The van der Waals surface area contributed by atoms with Crippen LogP contribution < -0.4 is 4.72 Å². The number of nitrogens with zero attached hydrogens (tertiary/aromatic N) is 1. The van der Waals surface area contributed by atoms with Crippen molar-refractivity contribution < 1.29 is 27.3 Å². The number of nitrogens with one attached hydrogen (secondary N) is 1. The van der Waals surface area contributed by atoms with Crippen molar-refractivity contribution in [3.63, 3.8) is 0 Å². The maximum Gasteiger partial charge on any atom is 0.351 e. The van der Waals surface area contributed by atoms with Crippen molar-refractivity contribution in [3.8, 4) is 0 Å². The van der Waals surface area contributed by atoms with Gasteiger partial charge in [0.15, 0.2) is 6.04 Å². The van der Waals surface area contributed by atoms with Crippen molar-refractivity contribution in [3.05, 3.63) is 0 Å². The molecule has 0 heterocycles. The van der Waals surface area contributed by atoms with Crippen LogP contribution >= 0.6 is 0 Å². The normalized spacial score (nSPS) is 15.0. The first-order valence-corrected chi connectivity index (χ1v) is 8.60. The molecule has 1 N–H and O–H groups in total. The van der Waals surface area contributed by atoms with Crippen molar-refractivity contribution in [2.24, 2.45) is 0 Å². The van der Waals surface area contributed by atoms with Gasteiger partial charge in [0.25, 0.3) is 5.91 Å². The van der Waals surface area contributed by atoms with Gasteiger partial charge in [-0.3, -0.25) is 9.59 Å². The maximum atomic E-state index is 14.5. The van der Waals surface area contributed by atoms with E-state index in [1.807, 2.05) is 0 Å². The summed E-state index contributed by atoms with van der Waals surface area (Å²) >= 11 is 0. The molecule has 1 unspecified atom stereocenters. The first-order chi connectivity index (χ1) is 10.4. The molecular weight excluding hydrogens is 330 g/mol. The summed E-state index contributed by atoms with van der Waals surface area (Å²) in [5.74, 6) is -6.88. The van der Waals surface area contributed by atoms with Crippen LogP contribution in [0.5, 0.6) is 0 Å². The van der Waals surface area contributed by atoms with E-state index in [0.717, 1.165) is 4.90 Å². The van der Waals surface area contributed by atoms with Gasteiger partial charge in [0.2, 0.25) is 0 Å². The summed E-state index contributed by atoms with van der Waals surface area (Å²) in [5.41, 5.74) is 0. The van der Waals surface area contributed by atoms with E-state index in [1.165, 1.54) is 6.92 Å². The van der Waals surface area contributed by atoms with Crippen LogP contribution in [0.4, 0.5) is 8.78 Å². The highest BCUT2D eigenvalue weighted by molar-refractivity contribution is 7.84. The average Bonchev–Trinajstić information content (AvgIpc) is 2.44. The van der Waals surface area contributed by atoms with E-state index in [4.69, 9.17) is 0 Å². The Kier molecular flexibility index (Phi) is 8.26. The number of hydrogen-bond acceptors (Lipinski definition) is 4. The number of alkyl halides is 2. The molecular formula is C14H26F2N2O4S. The largest absolute Gasteiger partial charge is 0.465 e. The number of halogens is 2. The van der Waals surface area contributed by atoms with Gasteiger partial charge in [-0.05, 0) is 41.5 Å². The molecule has 0 aromatic rings. The van der Waals surface area contributed by atoms with Crippen LogP contribution in [0, 0.1) is 0 Å². The zero-order chi connectivity index (χ0) is 18.4. The molecule has 0 aliphatic rings. The minimum atomic E-state index is -4.07. The summed E-state index contributed by atoms with van der Waals surface area (Å²) in [6.45, 7) is 9.25. The topological polar surface area (TPSA) is 75.7 Å². The van der Waals surface area contributed by atoms with E-state index in [2.05, 4.69) is 9.46 Å². The predicted octanol–water partition coefficient (Wildman–Crippen LogP) is 1.47. The van der Waals surface area contributed by atoms with Crippen LogP contribution in [-0.2, 0) is 25.3 Å². The first-order valence-electron chi connectivity index (χ1n) is 7.45. The second-order valence-corrected chi connectivity index (χ2v) is 7.78. The van der Waals surface area contributed by atoms with E-state index >= 15 is 0 Å². The van der Waals surface area contributed by atoms with E-state index in [0.29, 0.717) is 0 Å². The number of ether oxygens (including phenoxy) is 1. The van der Waals surface area contributed by atoms with Gasteiger partial charge in [-0.2, -0.15) is 8.78 Å². The Morgan fingerprint density at radius 1 is 1.17 bits per heavy atom. The molecule has 0 aromatic heterocycles. The van der Waals surface area contributed by atoms with E-state index in [1.54, 1.807) is 34.6 Å². The Morgan fingerprint density at radius 3 is 2.00 bits per heavy atom. The van der Waals surface area contributed by atoms with Crippen LogP contribution in [0.2, 0.25) is 0 Å². The number of esters is 1. The molecule has 0 rings (SSSR count). The lowest BCUT2D eigenvalue weighted by atomic mass is 10.1. The quantitative estimate of drug-likeness (QED) is 0.669. The van der Waals surface area contributed by atoms with E-state index in [-0.39, 0.29) is 19.7 Å². The molecule has 6 nitrogen and oxygen atoms in total. The Bertz CT molecular complexity index is 449. The molecule has 2 atom stereocenters. The third-order valence-electron chi connectivity index (χ3n) is 3.00. The Balaban J connectivity index is 5.61. The monoisotopic (exact) mass is 356 g/mol. The first kappa shape index (κ1) is 21.9. The molecule has 0 aliphatic carbocycles. The van der Waals surface area contributed by atoms with Gasteiger partial charge >= 0.3 is 11.9 Å². The van der Waals surface area contributed by atoms with Gasteiger partial charge in [0.1, 0.15) is 0 Å². The van der Waals surface area contributed by atoms with Crippen LogP contribution in [-0.4, -0.2) is 57.4 Å². The highest BCUT2D eigenvalue weighted by atomic mass is 32.2. The standard InChI is InChI=1S/C14H26F2N2O4S/c1-7-18(8-2)12(20)14(15,16)10(11(19)22-9-3)17-23(21)13(4,5)6/h10,17H,7-9H2,1-6H3/t10-,23?/m0/s1. The average molecular weight is 356 g/mol. The number of carbonyl (C=O) groups is 2. The fourth-order valence-corrected chi connectivity index (χ4v) is 2.44.